The van der Waals surface area contributed by atoms with E-state index in [4.69, 9.17) is 9.15 Å². The SMILES string of the molecule is Cc1oc(=O)oc1COC(=O)CCNC(C)C.[HH]. The molecule has 0 bridgehead atoms. The number of carbonyl (C=O) groups excluding carboxylic acids is 1. The van der Waals surface area contributed by atoms with Crippen LogP contribution in [0.2, 0.25) is 0 Å². The first kappa shape index (κ1) is 13.5. The van der Waals surface area contributed by atoms with Gasteiger partial charge in [0.1, 0.15) is 0 Å². The minimum atomic E-state index is -0.782. The van der Waals surface area contributed by atoms with Crippen LogP contribution in [0.3, 0.4) is 0 Å². The quantitative estimate of drug-likeness (QED) is 0.759. The molecule has 1 aromatic heterocycles. The van der Waals surface area contributed by atoms with Gasteiger partial charge in [-0.25, -0.2) is 4.79 Å². The van der Waals surface area contributed by atoms with E-state index >= 15 is 0 Å². The van der Waals surface area contributed by atoms with Crippen molar-refractivity contribution in [2.75, 3.05) is 6.54 Å². The first-order valence-electron chi connectivity index (χ1n) is 5.47. The van der Waals surface area contributed by atoms with Crippen molar-refractivity contribution in [2.45, 2.75) is 39.8 Å². The lowest BCUT2D eigenvalue weighted by molar-refractivity contribution is -0.145. The molecular formula is C11H19NO5. The lowest BCUT2D eigenvalue weighted by atomic mass is 10.3. The fourth-order valence-corrected chi connectivity index (χ4v) is 1.19. The predicted octanol–water partition coefficient (Wildman–Crippen LogP) is 1.22. The second-order valence-corrected chi connectivity index (χ2v) is 3.95. The van der Waals surface area contributed by atoms with E-state index in [1.54, 1.807) is 6.92 Å². The average Bonchev–Trinajstić information content (AvgIpc) is 2.54. The zero-order chi connectivity index (χ0) is 12.8. The third kappa shape index (κ3) is 4.86. The molecule has 0 aliphatic rings. The number of nitrogens with one attached hydrogen (secondary N) is 1. The van der Waals surface area contributed by atoms with Gasteiger partial charge in [-0.2, -0.15) is 0 Å². The molecule has 6 nitrogen and oxygen atoms in total. The second-order valence-electron chi connectivity index (χ2n) is 3.95. The molecule has 1 heterocycles. The highest BCUT2D eigenvalue weighted by Gasteiger charge is 2.11. The summed E-state index contributed by atoms with van der Waals surface area (Å²) in [7, 11) is 0. The van der Waals surface area contributed by atoms with Gasteiger partial charge in [-0.3, -0.25) is 4.79 Å². The predicted molar refractivity (Wildman–Crippen MR) is 61.6 cm³/mol. The summed E-state index contributed by atoms with van der Waals surface area (Å²) in [4.78, 5) is 22.0. The summed E-state index contributed by atoms with van der Waals surface area (Å²) in [5, 5.41) is 3.10. The van der Waals surface area contributed by atoms with E-state index in [-0.39, 0.29) is 26.2 Å². The Morgan fingerprint density at radius 2 is 2.18 bits per heavy atom. The average molecular weight is 245 g/mol. The number of hydrogen-bond acceptors (Lipinski definition) is 6. The fourth-order valence-electron chi connectivity index (χ4n) is 1.19. The second kappa shape index (κ2) is 6.24. The molecule has 98 valence electrons. The fraction of sp³-hybridized carbons (Fsp3) is 0.636. The molecule has 0 amide bonds. The van der Waals surface area contributed by atoms with Gasteiger partial charge in [-0.1, -0.05) is 13.8 Å². The Hall–Kier alpha value is -1.56. The van der Waals surface area contributed by atoms with E-state index in [1.165, 1.54) is 0 Å². The maximum Gasteiger partial charge on any atom is 0.519 e. The number of rotatable bonds is 6. The number of carbonyl (C=O) groups is 1. The van der Waals surface area contributed by atoms with Crippen molar-refractivity contribution in [3.8, 4) is 0 Å². The van der Waals surface area contributed by atoms with E-state index in [9.17, 15) is 9.59 Å². The van der Waals surface area contributed by atoms with Gasteiger partial charge in [0, 0.05) is 14.0 Å². The van der Waals surface area contributed by atoms with Crippen LogP contribution < -0.4 is 11.1 Å². The van der Waals surface area contributed by atoms with Crippen molar-refractivity contribution in [1.29, 1.82) is 0 Å². The van der Waals surface area contributed by atoms with Crippen LogP contribution in [0.25, 0.3) is 0 Å². The molecule has 0 aromatic carbocycles. The monoisotopic (exact) mass is 245 g/mol. The Morgan fingerprint density at radius 3 is 2.71 bits per heavy atom. The van der Waals surface area contributed by atoms with Gasteiger partial charge in [0.05, 0.1) is 6.42 Å². The topological polar surface area (TPSA) is 81.7 Å². The van der Waals surface area contributed by atoms with Gasteiger partial charge in [0.15, 0.2) is 18.1 Å². The standard InChI is InChI=1S/C11H17NO5.H2/c1-7(2)12-5-4-10(13)15-6-9-8(3)16-11(14)17-9;/h7,12H,4-6H2,1-3H3;1H. The molecule has 0 aliphatic carbocycles. The smallest absolute Gasteiger partial charge is 0.457 e. The Bertz CT molecular complexity index is 423. The zero-order valence-electron chi connectivity index (χ0n) is 10.2. The largest absolute Gasteiger partial charge is 0.519 e. The van der Waals surface area contributed by atoms with Crippen LogP contribution in [0, 0.1) is 6.92 Å². The maximum atomic E-state index is 11.3. The van der Waals surface area contributed by atoms with Crippen molar-refractivity contribution in [2.24, 2.45) is 0 Å². The summed E-state index contributed by atoms with van der Waals surface area (Å²) in [6, 6.07) is 0.330. The molecule has 17 heavy (non-hydrogen) atoms. The summed E-state index contributed by atoms with van der Waals surface area (Å²) < 4.78 is 14.3. The molecule has 0 saturated carbocycles. The third-order valence-corrected chi connectivity index (χ3v) is 2.08. The van der Waals surface area contributed by atoms with Gasteiger partial charge in [-0.15, -0.1) is 0 Å². The summed E-state index contributed by atoms with van der Waals surface area (Å²) >= 11 is 0. The van der Waals surface area contributed by atoms with E-state index in [0.717, 1.165) is 0 Å². The lowest BCUT2D eigenvalue weighted by Crippen LogP contribution is -2.25. The third-order valence-electron chi connectivity index (χ3n) is 2.08. The minimum absolute atomic E-state index is 0. The van der Waals surface area contributed by atoms with Crippen molar-refractivity contribution in [1.82, 2.24) is 5.32 Å². The number of aryl methyl sites for hydroxylation is 1. The zero-order valence-corrected chi connectivity index (χ0v) is 10.2. The van der Waals surface area contributed by atoms with Gasteiger partial charge in [-0.05, 0) is 6.92 Å². The molecular weight excluding hydrogens is 226 g/mol. The molecule has 6 heteroatoms. The minimum Gasteiger partial charge on any atom is -0.457 e. The molecule has 0 aliphatic heterocycles. The lowest BCUT2D eigenvalue weighted by Gasteiger charge is -2.07. The molecule has 0 radical (unpaired) electrons. The van der Waals surface area contributed by atoms with Crippen LogP contribution in [-0.2, 0) is 16.1 Å². The first-order valence-corrected chi connectivity index (χ1v) is 5.47. The molecule has 1 N–H and O–H groups in total. The summed E-state index contributed by atoms with van der Waals surface area (Å²) in [6.07, 6.45) is 0.277. The Morgan fingerprint density at radius 1 is 1.47 bits per heavy atom. The highest BCUT2D eigenvalue weighted by Crippen LogP contribution is 2.06. The maximum absolute atomic E-state index is 11.3. The van der Waals surface area contributed by atoms with Gasteiger partial charge in [0.25, 0.3) is 0 Å². The van der Waals surface area contributed by atoms with Crippen molar-refractivity contribution in [3.05, 3.63) is 22.1 Å². The van der Waals surface area contributed by atoms with Crippen LogP contribution in [0.5, 0.6) is 0 Å². The van der Waals surface area contributed by atoms with E-state index in [0.29, 0.717) is 18.3 Å². The Labute approximate surface area is 100 Å². The molecule has 1 rings (SSSR count). The normalized spacial score (nSPS) is 10.8. The van der Waals surface area contributed by atoms with Crippen LogP contribution >= 0.6 is 0 Å². The highest BCUT2D eigenvalue weighted by molar-refractivity contribution is 5.69. The molecule has 0 atom stereocenters. The van der Waals surface area contributed by atoms with Gasteiger partial charge >= 0.3 is 11.8 Å². The number of esters is 1. The molecule has 0 spiro atoms. The van der Waals surface area contributed by atoms with Gasteiger partial charge in [0.2, 0.25) is 0 Å². The van der Waals surface area contributed by atoms with Crippen LogP contribution in [0.4, 0.5) is 0 Å². The van der Waals surface area contributed by atoms with E-state index in [1.807, 2.05) is 13.8 Å². The summed E-state index contributed by atoms with van der Waals surface area (Å²) in [5.41, 5.74) is 0. The highest BCUT2D eigenvalue weighted by atomic mass is 16.6. The van der Waals surface area contributed by atoms with Crippen molar-refractivity contribution < 1.29 is 19.8 Å². The summed E-state index contributed by atoms with van der Waals surface area (Å²) in [5.74, 6) is -0.542. The van der Waals surface area contributed by atoms with E-state index < -0.39 is 5.82 Å². The summed E-state index contributed by atoms with van der Waals surface area (Å²) in [6.45, 7) is 6.06. The van der Waals surface area contributed by atoms with Crippen LogP contribution in [0.15, 0.2) is 13.6 Å². The molecule has 1 aromatic rings. The van der Waals surface area contributed by atoms with Crippen molar-refractivity contribution in [3.63, 3.8) is 0 Å². The van der Waals surface area contributed by atoms with Crippen molar-refractivity contribution >= 4 is 5.97 Å². The van der Waals surface area contributed by atoms with Gasteiger partial charge < -0.3 is 18.9 Å². The molecule has 0 saturated heterocycles. The Kier molecular flexibility index (Phi) is 4.96. The number of hydrogen-bond donors (Lipinski definition) is 1. The number of ether oxygens (including phenoxy) is 1. The molecule has 0 fully saturated rings. The molecule has 0 unspecified atom stereocenters. The first-order chi connectivity index (χ1) is 7.99. The van der Waals surface area contributed by atoms with E-state index in [2.05, 4.69) is 9.73 Å². The van der Waals surface area contributed by atoms with Crippen LogP contribution in [0.1, 0.15) is 33.2 Å². The van der Waals surface area contributed by atoms with Crippen LogP contribution in [-0.4, -0.2) is 18.6 Å². The Balaban J connectivity index is 0.00000289.